The van der Waals surface area contributed by atoms with E-state index in [0.29, 0.717) is 13.0 Å². The van der Waals surface area contributed by atoms with Crippen molar-refractivity contribution in [2.45, 2.75) is 36.8 Å². The number of rotatable bonds is 4. The summed E-state index contributed by atoms with van der Waals surface area (Å²) in [4.78, 5) is -1.51. The minimum atomic E-state index is -5.10. The summed E-state index contributed by atoms with van der Waals surface area (Å²) in [6.45, 7) is -10.8. The first-order valence-electron chi connectivity index (χ1n) is 13.2. The van der Waals surface area contributed by atoms with E-state index in [0.717, 1.165) is 18.2 Å². The molecule has 0 radical (unpaired) electrons. The maximum atomic E-state index is 12.4. The van der Waals surface area contributed by atoms with E-state index in [4.69, 9.17) is 21.9 Å². The number of piperidine rings is 1. The summed E-state index contributed by atoms with van der Waals surface area (Å²) in [5, 5.41) is 0. The topological polar surface area (TPSA) is 37.4 Å². The maximum absolute atomic E-state index is 12.4. The van der Waals surface area contributed by atoms with E-state index >= 15 is 0 Å². The zero-order valence-electron chi connectivity index (χ0n) is 26.0. The van der Waals surface area contributed by atoms with Crippen molar-refractivity contribution < 1.29 is 30.3 Å². The molecule has 0 unspecified atom stereocenters. The molecule has 2 rings (SSSR count). The SMILES string of the molecule is [2H]C([2H])(C)C([2H])([2H])N1C([2H])([2H])C([2H])([2H])C([2H])([2H])[C@]([2H])(c2cccc(S(=O)(=O)C([2H])([2H])[2H])c2)C1([2H])[2H]. The van der Waals surface area contributed by atoms with Gasteiger partial charge >= 0.3 is 0 Å². The molecule has 1 aromatic rings. The molecular formula is C15H23NO2S. The van der Waals surface area contributed by atoms with Crippen molar-refractivity contribution in [1.82, 2.24) is 4.90 Å². The van der Waals surface area contributed by atoms with Crippen LogP contribution in [-0.4, -0.2) is 39.0 Å². The first-order chi connectivity index (χ1) is 15.1. The van der Waals surface area contributed by atoms with Crippen LogP contribution in [0.1, 0.15) is 59.4 Å². The van der Waals surface area contributed by atoms with Crippen LogP contribution in [-0.2, 0) is 9.84 Å². The van der Waals surface area contributed by atoms with Crippen LogP contribution < -0.4 is 0 Å². The van der Waals surface area contributed by atoms with Gasteiger partial charge in [-0.1, -0.05) is 19.1 Å². The van der Waals surface area contributed by atoms with Crippen molar-refractivity contribution in [3.8, 4) is 0 Å². The van der Waals surface area contributed by atoms with Crippen LogP contribution in [0.5, 0.6) is 0 Å². The molecule has 1 aromatic carbocycles. The zero-order valence-corrected chi connectivity index (χ0v) is 10.8. The second kappa shape index (κ2) is 6.06. The largest absolute Gasteiger partial charge is 0.303 e. The van der Waals surface area contributed by atoms with Gasteiger partial charge in [-0.05, 0) is 55.7 Å². The highest BCUT2D eigenvalue weighted by atomic mass is 32.2. The predicted octanol–water partition coefficient (Wildman–Crippen LogP) is 2.68. The van der Waals surface area contributed by atoms with E-state index in [1.165, 1.54) is 0 Å². The van der Waals surface area contributed by atoms with Gasteiger partial charge in [0, 0.05) is 34.6 Å². The van der Waals surface area contributed by atoms with E-state index < -0.39 is 75.9 Å². The molecule has 0 saturated carbocycles. The van der Waals surface area contributed by atoms with Gasteiger partial charge in [0.2, 0.25) is 0 Å². The van der Waals surface area contributed by atoms with Gasteiger partial charge in [-0.3, -0.25) is 0 Å². The third kappa shape index (κ3) is 3.80. The van der Waals surface area contributed by atoms with Gasteiger partial charge in [-0.25, -0.2) is 8.42 Å². The first-order valence-corrected chi connectivity index (χ1v) is 6.72. The van der Waals surface area contributed by atoms with E-state index in [2.05, 4.69) is 0 Å². The first kappa shape index (κ1) is 4.31. The lowest BCUT2D eigenvalue weighted by Crippen LogP contribution is -2.34. The lowest BCUT2D eigenvalue weighted by Gasteiger charge is -2.32. The minimum absolute atomic E-state index is 0.440. The van der Waals surface area contributed by atoms with Crippen LogP contribution in [0.2, 0.25) is 0 Å². The fraction of sp³-hybridized carbons (Fsp3) is 0.600. The molecule has 19 heavy (non-hydrogen) atoms. The molecule has 0 bridgehead atoms. The number of benzene rings is 1. The molecule has 1 fully saturated rings. The Morgan fingerprint density at radius 2 is 2.47 bits per heavy atom. The van der Waals surface area contributed by atoms with Gasteiger partial charge in [0.1, 0.15) is 0 Å². The number of hydrogen-bond acceptors (Lipinski definition) is 3. The van der Waals surface area contributed by atoms with Crippen LogP contribution in [0.4, 0.5) is 0 Å². The Morgan fingerprint density at radius 3 is 3.21 bits per heavy atom. The number of nitrogens with zero attached hydrogens (tertiary/aromatic N) is 1. The van der Waals surface area contributed by atoms with Crippen LogP contribution in [0, 0.1) is 0 Å². The average molecular weight is 298 g/mol. The van der Waals surface area contributed by atoms with Gasteiger partial charge in [0.15, 0.2) is 9.84 Å². The highest BCUT2D eigenvalue weighted by Gasteiger charge is 2.21. The lowest BCUT2D eigenvalue weighted by molar-refractivity contribution is 0.208. The molecule has 0 N–H and O–H groups in total. The summed E-state index contributed by atoms with van der Waals surface area (Å²) >= 11 is 0. The maximum Gasteiger partial charge on any atom is 0.175 e. The Hall–Kier alpha value is -0.870. The standard InChI is InChI=1S/C15H23NO2S/c1-3-9-16-10-5-7-14(12-16)13-6-4-8-15(11-13)19(2,17)18/h4,6,8,11,14H,3,5,7,9-10,12H2,1-2H3/t14-/m0/s1/i2D3,3D2,5D2,7D2,9D2,10D2,12D2,14D. The Balaban J connectivity index is 3.04. The van der Waals surface area contributed by atoms with Crippen LogP contribution in [0.15, 0.2) is 29.2 Å². The van der Waals surface area contributed by atoms with Gasteiger partial charge in [-0.15, -0.1) is 0 Å². The van der Waals surface area contributed by atoms with Crippen molar-refractivity contribution in [2.24, 2.45) is 0 Å². The summed E-state index contributed by atoms with van der Waals surface area (Å²) in [6, 6.07) is 2.87. The number of likely N-dealkylation sites (tertiary alicyclic amines) is 1. The van der Waals surface area contributed by atoms with Crippen molar-refractivity contribution in [3.05, 3.63) is 29.8 Å². The zero-order chi connectivity index (χ0) is 28.1. The van der Waals surface area contributed by atoms with Gasteiger partial charge in [-0.2, -0.15) is 0 Å². The van der Waals surface area contributed by atoms with E-state index in [1.54, 1.807) is 0 Å². The van der Waals surface area contributed by atoms with E-state index in [-0.39, 0.29) is 0 Å². The molecule has 1 aliphatic rings. The molecule has 0 amide bonds. The molecular weight excluding hydrogens is 258 g/mol. The summed E-state index contributed by atoms with van der Waals surface area (Å²) in [7, 11) is -5.10. The summed E-state index contributed by atoms with van der Waals surface area (Å²) in [6.07, 6.45) is -14.4. The molecule has 0 aromatic heterocycles. The second-order valence-electron chi connectivity index (χ2n) is 3.58. The van der Waals surface area contributed by atoms with Crippen LogP contribution in [0.25, 0.3) is 0 Å². The summed E-state index contributed by atoms with van der Waals surface area (Å²) < 4.78 is 154. The Labute approximate surface area is 139 Å². The molecule has 1 aliphatic heterocycles. The third-order valence-corrected chi connectivity index (χ3v) is 3.11. The van der Waals surface area contributed by atoms with Crippen LogP contribution in [0.3, 0.4) is 0 Å². The number of sulfone groups is 1. The molecule has 1 atom stereocenters. The fourth-order valence-corrected chi connectivity index (χ4v) is 1.98. The number of hydrogen-bond donors (Lipinski definition) is 0. The molecule has 106 valence electrons. The second-order valence-corrected chi connectivity index (χ2v) is 5.06. The van der Waals surface area contributed by atoms with Crippen molar-refractivity contribution in [1.29, 1.82) is 0 Å². The van der Waals surface area contributed by atoms with Gasteiger partial charge < -0.3 is 4.90 Å². The minimum Gasteiger partial charge on any atom is -0.303 e. The lowest BCUT2D eigenvalue weighted by atomic mass is 9.90. The third-order valence-electron chi connectivity index (χ3n) is 2.24. The summed E-state index contributed by atoms with van der Waals surface area (Å²) in [5.74, 6) is -3.64. The van der Waals surface area contributed by atoms with Crippen molar-refractivity contribution in [2.75, 3.05) is 25.7 Å². The highest BCUT2D eigenvalue weighted by Crippen LogP contribution is 2.28. The highest BCUT2D eigenvalue weighted by molar-refractivity contribution is 7.90. The van der Waals surface area contributed by atoms with Gasteiger partial charge in [0.05, 0.1) is 4.90 Å². The van der Waals surface area contributed by atoms with E-state index in [1.807, 2.05) is 0 Å². The quantitative estimate of drug-likeness (QED) is 0.857. The fourth-order valence-electron chi connectivity index (χ4n) is 1.44. The van der Waals surface area contributed by atoms with Crippen molar-refractivity contribution >= 4 is 9.84 Å². The smallest absolute Gasteiger partial charge is 0.175 e. The molecule has 1 heterocycles. The molecule has 3 nitrogen and oxygen atoms in total. The van der Waals surface area contributed by atoms with Crippen LogP contribution >= 0.6 is 0 Å². The van der Waals surface area contributed by atoms with Crippen molar-refractivity contribution in [3.63, 3.8) is 0 Å². The summed E-state index contributed by atoms with van der Waals surface area (Å²) in [5.41, 5.74) is -0.935. The molecule has 0 aliphatic carbocycles. The molecule has 4 heteroatoms. The average Bonchev–Trinajstić information content (AvgIpc) is 2.63. The van der Waals surface area contributed by atoms with E-state index in [9.17, 15) is 8.42 Å². The Bertz CT molecular complexity index is 1110. The Morgan fingerprint density at radius 1 is 1.63 bits per heavy atom. The Kier molecular flexibility index (Phi) is 1.37. The normalized spacial score (nSPS) is 50.6. The monoisotopic (exact) mass is 297 g/mol. The predicted molar refractivity (Wildman–Crippen MR) is 78.3 cm³/mol. The van der Waals surface area contributed by atoms with Gasteiger partial charge in [0.25, 0.3) is 0 Å². The molecule has 1 saturated heterocycles. The molecule has 0 spiro atoms.